The van der Waals surface area contributed by atoms with Crippen LogP contribution in [0.2, 0.25) is 0 Å². The highest BCUT2D eigenvalue weighted by Crippen LogP contribution is 2.38. The zero-order valence-electron chi connectivity index (χ0n) is 11.9. The normalized spacial score (nSPS) is 17.2. The third-order valence-electron chi connectivity index (χ3n) is 4.16. The van der Waals surface area contributed by atoms with Gasteiger partial charge in [-0.2, -0.15) is 0 Å². The van der Waals surface area contributed by atoms with Crippen LogP contribution in [0.5, 0.6) is 0 Å². The Balaban J connectivity index is 0.00000200. The maximum Gasteiger partial charge on any atom is 0.220 e. The first-order valence-electron chi connectivity index (χ1n) is 7.23. The van der Waals surface area contributed by atoms with Gasteiger partial charge < -0.3 is 11.1 Å². The fourth-order valence-corrected chi connectivity index (χ4v) is 3.65. The van der Waals surface area contributed by atoms with Crippen molar-refractivity contribution < 1.29 is 4.79 Å². The van der Waals surface area contributed by atoms with Gasteiger partial charge in [0.1, 0.15) is 0 Å². The third-order valence-corrected chi connectivity index (χ3v) is 5.09. The molecule has 1 amide bonds. The van der Waals surface area contributed by atoms with Gasteiger partial charge in [0.2, 0.25) is 5.91 Å². The Morgan fingerprint density at radius 3 is 2.70 bits per heavy atom. The lowest BCUT2D eigenvalue weighted by Gasteiger charge is -2.35. The average molecular weight is 317 g/mol. The second-order valence-corrected chi connectivity index (χ2v) is 6.65. The number of carbonyl (C=O) groups excluding carboxylic acids is 1. The Kier molecular flexibility index (Phi) is 7.56. The van der Waals surface area contributed by atoms with Gasteiger partial charge in [0, 0.05) is 17.8 Å². The lowest BCUT2D eigenvalue weighted by atomic mass is 9.71. The van der Waals surface area contributed by atoms with Gasteiger partial charge in [-0.05, 0) is 42.7 Å². The van der Waals surface area contributed by atoms with Crippen molar-refractivity contribution in [3.8, 4) is 0 Å². The van der Waals surface area contributed by atoms with Gasteiger partial charge in [-0.1, -0.05) is 25.3 Å². The van der Waals surface area contributed by atoms with Crippen LogP contribution in [0.4, 0.5) is 0 Å². The quantitative estimate of drug-likeness (QED) is 0.847. The largest absolute Gasteiger partial charge is 0.356 e. The van der Waals surface area contributed by atoms with E-state index < -0.39 is 0 Å². The molecular formula is C15H25ClN2OS. The predicted molar refractivity (Wildman–Crippen MR) is 87.5 cm³/mol. The maximum absolute atomic E-state index is 12.0. The van der Waals surface area contributed by atoms with Crippen LogP contribution in [0.1, 0.15) is 43.4 Å². The van der Waals surface area contributed by atoms with E-state index in [0.717, 1.165) is 25.8 Å². The molecule has 1 fully saturated rings. The van der Waals surface area contributed by atoms with E-state index in [2.05, 4.69) is 16.8 Å². The molecular weight excluding hydrogens is 292 g/mol. The van der Waals surface area contributed by atoms with Gasteiger partial charge in [0.15, 0.2) is 0 Å². The number of nitrogens with two attached hydrogens (primary N) is 1. The monoisotopic (exact) mass is 316 g/mol. The van der Waals surface area contributed by atoms with Crippen molar-refractivity contribution in [2.75, 3.05) is 13.1 Å². The van der Waals surface area contributed by atoms with E-state index in [1.807, 2.05) is 6.07 Å². The summed E-state index contributed by atoms with van der Waals surface area (Å²) >= 11 is 1.74. The first kappa shape index (κ1) is 17.5. The molecule has 1 aliphatic rings. The van der Waals surface area contributed by atoms with Crippen molar-refractivity contribution in [2.24, 2.45) is 11.1 Å². The topological polar surface area (TPSA) is 55.1 Å². The summed E-state index contributed by atoms with van der Waals surface area (Å²) in [5.74, 6) is 0.170. The third kappa shape index (κ3) is 5.08. The van der Waals surface area contributed by atoms with E-state index in [0.29, 0.717) is 13.0 Å². The standard InChI is InChI=1S/C15H24N2OS.ClH/c16-12-15(7-2-1-3-8-15)11-14(18)17-9-6-13-5-4-10-19-13;/h4-5,10H,1-3,6-9,11-12,16H2,(H,17,18);1H. The summed E-state index contributed by atoms with van der Waals surface area (Å²) in [4.78, 5) is 13.4. The number of hydrogen-bond donors (Lipinski definition) is 2. The molecule has 0 aliphatic heterocycles. The Hall–Kier alpha value is -0.580. The fourth-order valence-electron chi connectivity index (χ4n) is 2.94. The van der Waals surface area contributed by atoms with E-state index >= 15 is 0 Å². The van der Waals surface area contributed by atoms with Gasteiger partial charge in [0.25, 0.3) is 0 Å². The van der Waals surface area contributed by atoms with E-state index in [4.69, 9.17) is 5.73 Å². The second kappa shape index (κ2) is 8.65. The van der Waals surface area contributed by atoms with Crippen molar-refractivity contribution in [1.29, 1.82) is 0 Å². The Morgan fingerprint density at radius 2 is 2.10 bits per heavy atom. The highest BCUT2D eigenvalue weighted by Gasteiger charge is 2.32. The van der Waals surface area contributed by atoms with Crippen LogP contribution < -0.4 is 11.1 Å². The summed E-state index contributed by atoms with van der Waals surface area (Å²) in [5.41, 5.74) is 5.99. The van der Waals surface area contributed by atoms with Gasteiger partial charge in [0.05, 0.1) is 0 Å². The number of amides is 1. The molecule has 20 heavy (non-hydrogen) atoms. The summed E-state index contributed by atoms with van der Waals surface area (Å²) in [6.07, 6.45) is 7.50. The lowest BCUT2D eigenvalue weighted by Crippen LogP contribution is -2.39. The van der Waals surface area contributed by atoms with Crippen LogP contribution in [-0.2, 0) is 11.2 Å². The Morgan fingerprint density at radius 1 is 1.35 bits per heavy atom. The van der Waals surface area contributed by atoms with Crippen LogP contribution in [0.15, 0.2) is 17.5 Å². The Labute approximate surface area is 131 Å². The molecule has 0 spiro atoms. The van der Waals surface area contributed by atoms with Crippen LogP contribution in [-0.4, -0.2) is 19.0 Å². The number of rotatable bonds is 6. The molecule has 0 radical (unpaired) electrons. The van der Waals surface area contributed by atoms with Crippen LogP contribution in [0, 0.1) is 5.41 Å². The highest BCUT2D eigenvalue weighted by atomic mass is 35.5. The number of thiophene rings is 1. The van der Waals surface area contributed by atoms with E-state index in [1.54, 1.807) is 11.3 Å². The molecule has 5 heteroatoms. The molecule has 0 bridgehead atoms. The maximum atomic E-state index is 12.0. The van der Waals surface area contributed by atoms with Crippen LogP contribution in [0.25, 0.3) is 0 Å². The molecule has 1 aliphatic carbocycles. The van der Waals surface area contributed by atoms with Gasteiger partial charge >= 0.3 is 0 Å². The summed E-state index contributed by atoms with van der Waals surface area (Å²) in [6, 6.07) is 4.16. The number of hydrogen-bond acceptors (Lipinski definition) is 3. The molecule has 3 N–H and O–H groups in total. The minimum atomic E-state index is 0. The van der Waals surface area contributed by atoms with Crippen molar-refractivity contribution in [2.45, 2.75) is 44.9 Å². The van der Waals surface area contributed by atoms with Gasteiger partial charge in [-0.25, -0.2) is 0 Å². The second-order valence-electron chi connectivity index (χ2n) is 5.62. The van der Waals surface area contributed by atoms with E-state index in [1.165, 1.54) is 24.1 Å². The van der Waals surface area contributed by atoms with Crippen LogP contribution in [0.3, 0.4) is 0 Å². The van der Waals surface area contributed by atoms with E-state index in [-0.39, 0.29) is 23.7 Å². The Bertz CT molecular complexity index is 389. The predicted octanol–water partition coefficient (Wildman–Crippen LogP) is 3.13. The summed E-state index contributed by atoms with van der Waals surface area (Å²) < 4.78 is 0. The molecule has 0 unspecified atom stereocenters. The molecule has 1 saturated carbocycles. The molecule has 1 aromatic heterocycles. The summed E-state index contributed by atoms with van der Waals surface area (Å²) in [7, 11) is 0. The molecule has 0 atom stereocenters. The number of carbonyl (C=O) groups is 1. The van der Waals surface area contributed by atoms with Gasteiger partial charge in [-0.3, -0.25) is 4.79 Å². The smallest absolute Gasteiger partial charge is 0.220 e. The first-order chi connectivity index (χ1) is 9.24. The average Bonchev–Trinajstić information content (AvgIpc) is 2.93. The van der Waals surface area contributed by atoms with Crippen molar-refractivity contribution in [3.05, 3.63) is 22.4 Å². The molecule has 0 saturated heterocycles. The molecule has 0 aromatic carbocycles. The summed E-state index contributed by atoms with van der Waals surface area (Å²) in [6.45, 7) is 1.38. The minimum Gasteiger partial charge on any atom is -0.356 e. The first-order valence-corrected chi connectivity index (χ1v) is 8.11. The van der Waals surface area contributed by atoms with E-state index in [9.17, 15) is 4.79 Å². The minimum absolute atomic E-state index is 0. The number of halogens is 1. The zero-order chi connectivity index (χ0) is 13.6. The van der Waals surface area contributed by atoms with Crippen molar-refractivity contribution >= 4 is 29.7 Å². The molecule has 1 heterocycles. The SMILES string of the molecule is Cl.NCC1(CC(=O)NCCc2cccs2)CCCCC1. The molecule has 3 nitrogen and oxygen atoms in total. The molecule has 2 rings (SSSR count). The van der Waals surface area contributed by atoms with Crippen molar-refractivity contribution in [3.63, 3.8) is 0 Å². The van der Waals surface area contributed by atoms with Gasteiger partial charge in [-0.15, -0.1) is 23.7 Å². The fraction of sp³-hybridized carbons (Fsp3) is 0.667. The van der Waals surface area contributed by atoms with Crippen LogP contribution >= 0.6 is 23.7 Å². The zero-order valence-corrected chi connectivity index (χ0v) is 13.5. The summed E-state index contributed by atoms with van der Waals surface area (Å²) in [5, 5.41) is 5.11. The number of nitrogens with one attached hydrogen (secondary N) is 1. The molecule has 1 aromatic rings. The molecule has 114 valence electrons. The van der Waals surface area contributed by atoms with Crippen molar-refractivity contribution in [1.82, 2.24) is 5.32 Å². The lowest BCUT2D eigenvalue weighted by molar-refractivity contribution is -0.123. The highest BCUT2D eigenvalue weighted by molar-refractivity contribution is 7.09.